The average Bonchev–Trinajstić information content (AvgIpc) is 2.74. The molecule has 0 radical (unpaired) electrons. The fourth-order valence-corrected chi connectivity index (χ4v) is 2.17. The van der Waals surface area contributed by atoms with Gasteiger partial charge in [0.15, 0.2) is 0 Å². The van der Waals surface area contributed by atoms with E-state index in [0.29, 0.717) is 0 Å². The third kappa shape index (κ3) is 2.14. The van der Waals surface area contributed by atoms with Crippen molar-refractivity contribution in [1.29, 1.82) is 0 Å². The first-order valence-electron chi connectivity index (χ1n) is 4.05. The lowest BCUT2D eigenvalue weighted by molar-refractivity contribution is 0.502. The zero-order valence-electron chi connectivity index (χ0n) is 6.94. The molecule has 0 aromatic carbocycles. The van der Waals surface area contributed by atoms with Crippen LogP contribution in [0.2, 0.25) is 0 Å². The van der Waals surface area contributed by atoms with E-state index in [-0.39, 0.29) is 5.38 Å². The number of hydrogen-bond acceptors (Lipinski definition) is 2. The maximum absolute atomic E-state index is 6.15. The van der Waals surface area contributed by atoms with E-state index in [1.807, 2.05) is 12.1 Å². The molecular formula is C10H9ClOS. The van der Waals surface area contributed by atoms with Gasteiger partial charge in [0.2, 0.25) is 0 Å². The molecule has 0 saturated carbocycles. The smallest absolute Gasteiger partial charge is 0.121 e. The van der Waals surface area contributed by atoms with E-state index in [2.05, 4.69) is 16.8 Å². The van der Waals surface area contributed by atoms with Crippen molar-refractivity contribution in [1.82, 2.24) is 0 Å². The summed E-state index contributed by atoms with van der Waals surface area (Å²) >= 11 is 7.84. The van der Waals surface area contributed by atoms with Crippen LogP contribution >= 0.6 is 22.9 Å². The summed E-state index contributed by atoms with van der Waals surface area (Å²) in [5.41, 5.74) is 1.27. The monoisotopic (exact) mass is 212 g/mol. The highest BCUT2D eigenvalue weighted by Gasteiger charge is 2.11. The molecule has 13 heavy (non-hydrogen) atoms. The zero-order valence-corrected chi connectivity index (χ0v) is 8.52. The van der Waals surface area contributed by atoms with Crippen LogP contribution in [0.1, 0.15) is 16.7 Å². The first-order chi connectivity index (χ1) is 6.36. The number of hydrogen-bond donors (Lipinski definition) is 0. The summed E-state index contributed by atoms with van der Waals surface area (Å²) in [6, 6.07) is 5.85. The van der Waals surface area contributed by atoms with Gasteiger partial charge in [0, 0.05) is 0 Å². The molecule has 0 fully saturated rings. The Labute approximate surface area is 86.0 Å². The molecule has 0 amide bonds. The van der Waals surface area contributed by atoms with E-state index in [9.17, 15) is 0 Å². The second-order valence-electron chi connectivity index (χ2n) is 2.82. The minimum atomic E-state index is -0.0513. The molecule has 2 rings (SSSR count). The van der Waals surface area contributed by atoms with Crippen molar-refractivity contribution in [3.05, 3.63) is 46.5 Å². The van der Waals surface area contributed by atoms with Crippen molar-refractivity contribution < 1.29 is 4.42 Å². The van der Waals surface area contributed by atoms with Gasteiger partial charge < -0.3 is 4.42 Å². The van der Waals surface area contributed by atoms with Gasteiger partial charge in [0.1, 0.15) is 5.76 Å². The van der Waals surface area contributed by atoms with Gasteiger partial charge in [-0.3, -0.25) is 0 Å². The number of thiophene rings is 1. The third-order valence-electron chi connectivity index (χ3n) is 1.85. The molecule has 68 valence electrons. The third-order valence-corrected chi connectivity index (χ3v) is 2.95. The van der Waals surface area contributed by atoms with Crippen LogP contribution in [0.3, 0.4) is 0 Å². The van der Waals surface area contributed by atoms with Gasteiger partial charge in [-0.25, -0.2) is 0 Å². The first kappa shape index (κ1) is 8.85. The highest BCUT2D eigenvalue weighted by atomic mass is 35.5. The van der Waals surface area contributed by atoms with Crippen LogP contribution in [0.15, 0.2) is 39.6 Å². The second kappa shape index (κ2) is 3.99. The van der Waals surface area contributed by atoms with E-state index in [1.165, 1.54) is 5.56 Å². The van der Waals surface area contributed by atoms with Crippen molar-refractivity contribution >= 4 is 22.9 Å². The molecule has 2 aromatic rings. The highest BCUT2D eigenvalue weighted by molar-refractivity contribution is 7.07. The number of halogens is 1. The van der Waals surface area contributed by atoms with Gasteiger partial charge in [-0.05, 0) is 40.9 Å². The fraction of sp³-hybridized carbons (Fsp3) is 0.200. The lowest BCUT2D eigenvalue weighted by Crippen LogP contribution is -1.91. The molecule has 1 atom stereocenters. The average molecular weight is 213 g/mol. The Morgan fingerprint density at radius 2 is 2.38 bits per heavy atom. The van der Waals surface area contributed by atoms with Gasteiger partial charge >= 0.3 is 0 Å². The second-order valence-corrected chi connectivity index (χ2v) is 4.13. The summed E-state index contributed by atoms with van der Waals surface area (Å²) in [7, 11) is 0. The maximum atomic E-state index is 6.15. The minimum Gasteiger partial charge on any atom is -0.468 e. The maximum Gasteiger partial charge on any atom is 0.121 e. The molecule has 0 aliphatic rings. The zero-order chi connectivity index (χ0) is 9.10. The molecule has 0 bridgehead atoms. The molecule has 0 spiro atoms. The quantitative estimate of drug-likeness (QED) is 0.705. The van der Waals surface area contributed by atoms with Crippen LogP contribution in [-0.2, 0) is 6.42 Å². The van der Waals surface area contributed by atoms with Crippen molar-refractivity contribution in [2.24, 2.45) is 0 Å². The Morgan fingerprint density at radius 1 is 1.46 bits per heavy atom. The van der Waals surface area contributed by atoms with Crippen molar-refractivity contribution in [3.63, 3.8) is 0 Å². The largest absolute Gasteiger partial charge is 0.468 e. The Balaban J connectivity index is 2.04. The van der Waals surface area contributed by atoms with Crippen LogP contribution in [0.4, 0.5) is 0 Å². The standard InChI is InChI=1S/C10H9ClOS/c11-9(10-2-1-4-12-10)6-8-3-5-13-7-8/h1-5,7,9H,6H2. The number of alkyl halides is 1. The minimum absolute atomic E-state index is 0.0513. The van der Waals surface area contributed by atoms with Crippen LogP contribution in [0, 0.1) is 0 Å². The Morgan fingerprint density at radius 3 is 3.00 bits per heavy atom. The summed E-state index contributed by atoms with van der Waals surface area (Å²) in [4.78, 5) is 0. The lowest BCUT2D eigenvalue weighted by Gasteiger charge is -2.03. The summed E-state index contributed by atoms with van der Waals surface area (Å²) in [6.45, 7) is 0. The van der Waals surface area contributed by atoms with Gasteiger partial charge in [-0.2, -0.15) is 11.3 Å². The van der Waals surface area contributed by atoms with Gasteiger partial charge in [-0.1, -0.05) is 0 Å². The van der Waals surface area contributed by atoms with Crippen LogP contribution in [0.5, 0.6) is 0 Å². The molecule has 3 heteroatoms. The van der Waals surface area contributed by atoms with Gasteiger partial charge in [-0.15, -0.1) is 11.6 Å². The predicted molar refractivity (Wildman–Crippen MR) is 55.3 cm³/mol. The molecule has 0 saturated heterocycles. The van der Waals surface area contributed by atoms with Gasteiger partial charge in [0.05, 0.1) is 11.6 Å². The topological polar surface area (TPSA) is 13.1 Å². The lowest BCUT2D eigenvalue weighted by atomic mass is 10.1. The molecule has 1 unspecified atom stereocenters. The van der Waals surface area contributed by atoms with Crippen LogP contribution in [-0.4, -0.2) is 0 Å². The van der Waals surface area contributed by atoms with Crippen molar-refractivity contribution in [3.8, 4) is 0 Å². The van der Waals surface area contributed by atoms with E-state index in [4.69, 9.17) is 16.0 Å². The normalized spacial score (nSPS) is 13.0. The van der Waals surface area contributed by atoms with Crippen LogP contribution < -0.4 is 0 Å². The molecule has 0 aliphatic heterocycles. The van der Waals surface area contributed by atoms with E-state index < -0.39 is 0 Å². The van der Waals surface area contributed by atoms with E-state index in [1.54, 1.807) is 17.6 Å². The summed E-state index contributed by atoms with van der Waals surface area (Å²) in [5, 5.41) is 4.11. The Kier molecular flexibility index (Phi) is 2.71. The van der Waals surface area contributed by atoms with Crippen molar-refractivity contribution in [2.45, 2.75) is 11.8 Å². The van der Waals surface area contributed by atoms with E-state index >= 15 is 0 Å². The molecule has 2 heterocycles. The summed E-state index contributed by atoms with van der Waals surface area (Å²) in [5.74, 6) is 0.841. The molecule has 1 nitrogen and oxygen atoms in total. The first-order valence-corrected chi connectivity index (χ1v) is 5.43. The highest BCUT2D eigenvalue weighted by Crippen LogP contribution is 2.25. The fourth-order valence-electron chi connectivity index (χ4n) is 1.19. The SMILES string of the molecule is ClC(Cc1ccsc1)c1ccco1. The summed E-state index contributed by atoms with van der Waals surface area (Å²) in [6.07, 6.45) is 2.48. The predicted octanol–water partition coefficient (Wildman–Crippen LogP) is 3.86. The molecule has 2 aromatic heterocycles. The van der Waals surface area contributed by atoms with E-state index in [0.717, 1.165) is 12.2 Å². The van der Waals surface area contributed by atoms with Crippen molar-refractivity contribution in [2.75, 3.05) is 0 Å². The molecule has 0 N–H and O–H groups in total. The molecule has 0 aliphatic carbocycles. The molecular weight excluding hydrogens is 204 g/mol. The summed E-state index contributed by atoms with van der Waals surface area (Å²) < 4.78 is 5.22. The van der Waals surface area contributed by atoms with Crippen LogP contribution in [0.25, 0.3) is 0 Å². The van der Waals surface area contributed by atoms with Gasteiger partial charge in [0.25, 0.3) is 0 Å². The number of furan rings is 1. The Bertz CT molecular complexity index is 339. The number of rotatable bonds is 3. The Hall–Kier alpha value is -0.730.